The van der Waals surface area contributed by atoms with E-state index in [4.69, 9.17) is 14.5 Å². The Morgan fingerprint density at radius 3 is 2.77 bits per heavy atom. The first-order valence-electron chi connectivity index (χ1n) is 10.6. The second kappa shape index (κ2) is 12.0. The van der Waals surface area contributed by atoms with Crippen LogP contribution in [0, 0.1) is 6.92 Å². The first-order chi connectivity index (χ1) is 14.3. The van der Waals surface area contributed by atoms with Gasteiger partial charge in [0.2, 0.25) is 0 Å². The molecule has 1 saturated heterocycles. The Kier molecular flexibility index (Phi) is 10.0. The molecule has 2 aromatic rings. The Balaban J connectivity index is 0.00000341. The highest BCUT2D eigenvalue weighted by Gasteiger charge is 2.19. The number of thiazole rings is 1. The number of rotatable bonds is 7. The summed E-state index contributed by atoms with van der Waals surface area (Å²) in [5.74, 6) is 1.70. The summed E-state index contributed by atoms with van der Waals surface area (Å²) in [5.41, 5.74) is 3.56. The number of aromatic nitrogens is 1. The van der Waals surface area contributed by atoms with Crippen LogP contribution in [0.4, 0.5) is 0 Å². The third kappa shape index (κ3) is 7.91. The summed E-state index contributed by atoms with van der Waals surface area (Å²) < 4.78 is 11.6. The number of ether oxygens (including phenoxy) is 2. The van der Waals surface area contributed by atoms with Crippen molar-refractivity contribution in [3.8, 4) is 5.75 Å². The molecule has 1 fully saturated rings. The number of guanidine groups is 1. The number of hydrogen-bond donors (Lipinski definition) is 2. The Morgan fingerprint density at radius 2 is 2.13 bits per heavy atom. The molecule has 2 N–H and O–H groups in total. The number of hydrogen-bond acceptors (Lipinski definition) is 5. The van der Waals surface area contributed by atoms with Crippen molar-refractivity contribution in [1.29, 1.82) is 0 Å². The zero-order valence-electron chi connectivity index (χ0n) is 19.2. The Hall–Kier alpha value is -1.39. The van der Waals surface area contributed by atoms with Crippen LogP contribution < -0.4 is 15.4 Å². The normalized spacial score (nSPS) is 16.7. The molecule has 31 heavy (non-hydrogen) atoms. The molecule has 6 nitrogen and oxygen atoms in total. The van der Waals surface area contributed by atoms with E-state index in [1.54, 1.807) is 18.4 Å². The van der Waals surface area contributed by atoms with Gasteiger partial charge in [-0.15, -0.1) is 35.3 Å². The fourth-order valence-corrected chi connectivity index (χ4v) is 4.19. The van der Waals surface area contributed by atoms with Crippen LogP contribution in [0.15, 0.2) is 28.6 Å². The minimum atomic E-state index is 0. The number of aryl methyl sites for hydroxylation is 1. The molecule has 0 radical (unpaired) electrons. The maximum Gasteiger partial charge on any atom is 0.191 e. The van der Waals surface area contributed by atoms with Crippen LogP contribution in [0.25, 0.3) is 0 Å². The monoisotopic (exact) mass is 558 g/mol. The molecule has 0 bridgehead atoms. The van der Waals surface area contributed by atoms with E-state index in [1.807, 2.05) is 0 Å². The third-order valence-electron chi connectivity index (χ3n) is 5.03. The molecule has 172 valence electrons. The lowest BCUT2D eigenvalue weighted by Gasteiger charge is -2.18. The van der Waals surface area contributed by atoms with Gasteiger partial charge in [0.05, 0.1) is 23.9 Å². The van der Waals surface area contributed by atoms with Crippen LogP contribution in [0.1, 0.15) is 49.0 Å². The molecule has 0 aliphatic carbocycles. The lowest BCUT2D eigenvalue weighted by atomic mass is 9.93. The van der Waals surface area contributed by atoms with Gasteiger partial charge >= 0.3 is 0 Å². The van der Waals surface area contributed by atoms with E-state index in [9.17, 15) is 0 Å². The molecule has 0 saturated carbocycles. The van der Waals surface area contributed by atoms with Gasteiger partial charge in [0, 0.05) is 49.3 Å². The Bertz CT molecular complexity index is 858. The lowest BCUT2D eigenvalue weighted by molar-refractivity contribution is 0.140. The molecule has 0 spiro atoms. The number of aliphatic imine (C=N–C) groups is 1. The van der Waals surface area contributed by atoms with Gasteiger partial charge in [0.1, 0.15) is 11.9 Å². The standard InChI is InChI=1S/C23H34N4O2S.HI/c1-16-6-7-17(19(12-16)29-18-9-11-28-14-18)13-26-22(24-5)25-10-8-21-27-20(15-30-21)23(2,3)4;/h6-7,12,15,18H,8-11,13-14H2,1-5H3,(H2,24,25,26);1H. The van der Waals surface area contributed by atoms with Crippen LogP contribution in [0.5, 0.6) is 5.75 Å². The highest BCUT2D eigenvalue weighted by Crippen LogP contribution is 2.25. The largest absolute Gasteiger partial charge is 0.488 e. The van der Waals surface area contributed by atoms with E-state index in [0.717, 1.165) is 54.0 Å². The first kappa shape index (κ1) is 25.9. The van der Waals surface area contributed by atoms with Crippen molar-refractivity contribution < 1.29 is 9.47 Å². The SMILES string of the molecule is CN=C(NCCc1nc(C(C)(C)C)cs1)NCc1ccc(C)cc1OC1CCOC1.I. The highest BCUT2D eigenvalue weighted by atomic mass is 127. The highest BCUT2D eigenvalue weighted by molar-refractivity contribution is 14.0. The smallest absolute Gasteiger partial charge is 0.191 e. The summed E-state index contributed by atoms with van der Waals surface area (Å²) in [6.45, 7) is 11.5. The van der Waals surface area contributed by atoms with Crippen molar-refractivity contribution in [3.63, 3.8) is 0 Å². The van der Waals surface area contributed by atoms with Gasteiger partial charge in [-0.2, -0.15) is 0 Å². The van der Waals surface area contributed by atoms with E-state index in [-0.39, 0.29) is 35.5 Å². The molecule has 0 amide bonds. The van der Waals surface area contributed by atoms with Crippen molar-refractivity contribution in [1.82, 2.24) is 15.6 Å². The van der Waals surface area contributed by atoms with Crippen molar-refractivity contribution in [2.24, 2.45) is 4.99 Å². The van der Waals surface area contributed by atoms with Crippen LogP contribution >= 0.6 is 35.3 Å². The number of halogens is 1. The van der Waals surface area contributed by atoms with Gasteiger partial charge < -0.3 is 20.1 Å². The van der Waals surface area contributed by atoms with Gasteiger partial charge in [-0.25, -0.2) is 4.98 Å². The van der Waals surface area contributed by atoms with E-state index < -0.39 is 0 Å². The molecule has 1 aliphatic heterocycles. The Morgan fingerprint density at radius 1 is 1.32 bits per heavy atom. The zero-order chi connectivity index (χ0) is 21.6. The van der Waals surface area contributed by atoms with Crippen molar-refractivity contribution in [2.45, 2.75) is 58.6 Å². The van der Waals surface area contributed by atoms with E-state index in [1.165, 1.54) is 5.56 Å². The van der Waals surface area contributed by atoms with Crippen LogP contribution in [-0.2, 0) is 23.1 Å². The second-order valence-corrected chi connectivity index (χ2v) is 9.64. The lowest BCUT2D eigenvalue weighted by Crippen LogP contribution is -2.38. The average Bonchev–Trinajstić information content (AvgIpc) is 3.37. The van der Waals surface area contributed by atoms with Crippen LogP contribution in [0.2, 0.25) is 0 Å². The van der Waals surface area contributed by atoms with E-state index >= 15 is 0 Å². The van der Waals surface area contributed by atoms with Crippen molar-refractivity contribution in [2.75, 3.05) is 26.8 Å². The molecular weight excluding hydrogens is 523 g/mol. The quantitative estimate of drug-likeness (QED) is 0.299. The number of nitrogens with zero attached hydrogens (tertiary/aromatic N) is 2. The van der Waals surface area contributed by atoms with Gasteiger partial charge in [0.15, 0.2) is 5.96 Å². The molecule has 8 heteroatoms. The summed E-state index contributed by atoms with van der Waals surface area (Å²) >= 11 is 1.73. The Labute approximate surface area is 207 Å². The molecule has 1 unspecified atom stereocenters. The minimum Gasteiger partial charge on any atom is -0.488 e. The van der Waals surface area contributed by atoms with Crippen LogP contribution in [-0.4, -0.2) is 43.9 Å². The fourth-order valence-electron chi connectivity index (χ4n) is 3.16. The molecule has 1 aromatic carbocycles. The van der Waals surface area contributed by atoms with E-state index in [0.29, 0.717) is 13.2 Å². The molecule has 1 aromatic heterocycles. The predicted molar refractivity (Wildman–Crippen MR) is 139 cm³/mol. The molecule has 1 aliphatic rings. The predicted octanol–water partition coefficient (Wildman–Crippen LogP) is 4.44. The van der Waals surface area contributed by atoms with Gasteiger partial charge in [0.25, 0.3) is 0 Å². The molecule has 1 atom stereocenters. The summed E-state index contributed by atoms with van der Waals surface area (Å²) in [6, 6.07) is 6.33. The maximum absolute atomic E-state index is 6.19. The zero-order valence-corrected chi connectivity index (χ0v) is 22.3. The summed E-state index contributed by atoms with van der Waals surface area (Å²) in [5, 5.41) is 10.1. The van der Waals surface area contributed by atoms with E-state index in [2.05, 4.69) is 66.9 Å². The van der Waals surface area contributed by atoms with Gasteiger partial charge in [-0.05, 0) is 18.6 Å². The molecule has 2 heterocycles. The first-order valence-corrected chi connectivity index (χ1v) is 11.5. The third-order valence-corrected chi connectivity index (χ3v) is 5.93. The number of nitrogens with one attached hydrogen (secondary N) is 2. The topological polar surface area (TPSA) is 67.8 Å². The molecule has 3 rings (SSSR count). The number of benzene rings is 1. The second-order valence-electron chi connectivity index (χ2n) is 8.69. The van der Waals surface area contributed by atoms with Crippen LogP contribution in [0.3, 0.4) is 0 Å². The van der Waals surface area contributed by atoms with Gasteiger partial charge in [-0.3, -0.25) is 4.99 Å². The fraction of sp³-hybridized carbons (Fsp3) is 0.565. The summed E-state index contributed by atoms with van der Waals surface area (Å²) in [4.78, 5) is 9.10. The average molecular weight is 559 g/mol. The molecular formula is C23H35IN4O2S. The van der Waals surface area contributed by atoms with Gasteiger partial charge in [-0.1, -0.05) is 32.9 Å². The minimum absolute atomic E-state index is 0. The van der Waals surface area contributed by atoms with Crippen molar-refractivity contribution in [3.05, 3.63) is 45.4 Å². The maximum atomic E-state index is 6.19. The summed E-state index contributed by atoms with van der Waals surface area (Å²) in [6.07, 6.45) is 1.96. The summed E-state index contributed by atoms with van der Waals surface area (Å²) in [7, 11) is 1.79. The van der Waals surface area contributed by atoms with Crippen molar-refractivity contribution >= 4 is 41.3 Å².